The van der Waals surface area contributed by atoms with Crippen molar-refractivity contribution < 1.29 is 9.21 Å². The second-order valence-electron chi connectivity index (χ2n) is 5.19. The molecule has 0 radical (unpaired) electrons. The molecule has 124 valence electrons. The number of carbonyl (C=O) groups is 1. The molecule has 0 saturated heterocycles. The SMILES string of the molecule is O=C(NC(=S)Nc1nc2ccc(Cl)cc2s1)c1cc2ccccc2o1. The molecule has 0 aliphatic carbocycles. The summed E-state index contributed by atoms with van der Waals surface area (Å²) in [4.78, 5) is 16.7. The van der Waals surface area contributed by atoms with Crippen molar-refractivity contribution in [1.29, 1.82) is 0 Å². The molecule has 0 aliphatic heterocycles. The smallest absolute Gasteiger partial charge is 0.293 e. The van der Waals surface area contributed by atoms with E-state index in [1.165, 1.54) is 11.3 Å². The summed E-state index contributed by atoms with van der Waals surface area (Å²) in [7, 11) is 0. The van der Waals surface area contributed by atoms with Gasteiger partial charge in [-0.3, -0.25) is 10.1 Å². The summed E-state index contributed by atoms with van der Waals surface area (Å²) < 4.78 is 6.45. The Morgan fingerprint density at radius 1 is 1.20 bits per heavy atom. The molecule has 8 heteroatoms. The molecule has 0 spiro atoms. The molecule has 0 bridgehead atoms. The first-order valence-electron chi connectivity index (χ1n) is 7.25. The quantitative estimate of drug-likeness (QED) is 0.482. The highest BCUT2D eigenvalue weighted by Crippen LogP contribution is 2.28. The van der Waals surface area contributed by atoms with Gasteiger partial charge in [-0.1, -0.05) is 41.1 Å². The molecule has 0 saturated carbocycles. The van der Waals surface area contributed by atoms with E-state index in [2.05, 4.69) is 15.6 Å². The molecule has 2 aromatic carbocycles. The number of aromatic nitrogens is 1. The topological polar surface area (TPSA) is 67.2 Å². The first-order chi connectivity index (χ1) is 12.1. The second-order valence-corrected chi connectivity index (χ2v) is 7.06. The van der Waals surface area contributed by atoms with Gasteiger partial charge in [-0.2, -0.15) is 0 Å². The lowest BCUT2D eigenvalue weighted by molar-refractivity contribution is 0.0953. The molecule has 4 aromatic rings. The maximum absolute atomic E-state index is 12.3. The van der Waals surface area contributed by atoms with Crippen LogP contribution in [0.2, 0.25) is 5.02 Å². The van der Waals surface area contributed by atoms with Crippen molar-refractivity contribution in [2.24, 2.45) is 0 Å². The van der Waals surface area contributed by atoms with Gasteiger partial charge in [0.15, 0.2) is 16.0 Å². The fourth-order valence-electron chi connectivity index (χ4n) is 2.34. The van der Waals surface area contributed by atoms with Crippen LogP contribution in [0.4, 0.5) is 5.13 Å². The molecule has 2 aromatic heterocycles. The molecule has 2 heterocycles. The number of amides is 1. The van der Waals surface area contributed by atoms with Crippen molar-refractivity contribution >= 4 is 72.5 Å². The van der Waals surface area contributed by atoms with Gasteiger partial charge in [0, 0.05) is 10.4 Å². The van der Waals surface area contributed by atoms with Gasteiger partial charge in [-0.25, -0.2) is 4.98 Å². The number of para-hydroxylation sites is 1. The Bertz CT molecular complexity index is 1090. The molecular weight excluding hydrogens is 378 g/mol. The number of rotatable bonds is 2. The van der Waals surface area contributed by atoms with Gasteiger partial charge in [-0.15, -0.1) is 0 Å². The minimum absolute atomic E-state index is 0.149. The van der Waals surface area contributed by atoms with Gasteiger partial charge in [-0.05, 0) is 42.5 Å². The van der Waals surface area contributed by atoms with Crippen LogP contribution in [0.15, 0.2) is 52.9 Å². The first-order valence-corrected chi connectivity index (χ1v) is 8.86. The summed E-state index contributed by atoms with van der Waals surface area (Å²) in [6, 6.07) is 14.5. The zero-order valence-corrected chi connectivity index (χ0v) is 15.0. The van der Waals surface area contributed by atoms with E-state index in [9.17, 15) is 4.79 Å². The number of hydrogen-bond donors (Lipinski definition) is 2. The molecule has 0 atom stereocenters. The number of thiocarbonyl (C=S) groups is 1. The van der Waals surface area contributed by atoms with Crippen molar-refractivity contribution in [3.05, 3.63) is 59.3 Å². The van der Waals surface area contributed by atoms with Crippen LogP contribution in [0.5, 0.6) is 0 Å². The summed E-state index contributed by atoms with van der Waals surface area (Å²) in [5.41, 5.74) is 1.46. The fraction of sp³-hybridized carbons (Fsp3) is 0. The Balaban J connectivity index is 1.47. The number of anilines is 1. The van der Waals surface area contributed by atoms with Crippen molar-refractivity contribution in [3.8, 4) is 0 Å². The third-order valence-corrected chi connectivity index (χ3v) is 4.82. The standard InChI is InChI=1S/C17H10ClN3O2S2/c18-10-5-6-11-14(8-10)25-17(19-11)21-16(24)20-15(22)13-7-9-3-1-2-4-12(9)23-13/h1-8H,(H2,19,20,21,22,24). The zero-order chi connectivity index (χ0) is 17.4. The highest BCUT2D eigenvalue weighted by Gasteiger charge is 2.14. The molecular formula is C17H10ClN3O2S2. The van der Waals surface area contributed by atoms with Crippen LogP contribution in [-0.4, -0.2) is 16.0 Å². The Labute approximate surface area is 156 Å². The number of hydrogen-bond acceptors (Lipinski definition) is 5. The number of thiazole rings is 1. The van der Waals surface area contributed by atoms with Crippen LogP contribution < -0.4 is 10.6 Å². The van der Waals surface area contributed by atoms with Crippen molar-refractivity contribution in [2.75, 3.05) is 5.32 Å². The van der Waals surface area contributed by atoms with Gasteiger partial charge in [0.1, 0.15) is 5.58 Å². The summed E-state index contributed by atoms with van der Waals surface area (Å²) in [6.07, 6.45) is 0. The van der Waals surface area contributed by atoms with E-state index in [0.717, 1.165) is 15.6 Å². The normalized spacial score (nSPS) is 10.9. The first kappa shape index (κ1) is 16.0. The third kappa shape index (κ3) is 3.34. The molecule has 2 N–H and O–H groups in total. The van der Waals surface area contributed by atoms with Gasteiger partial charge in [0.2, 0.25) is 0 Å². The average molecular weight is 388 g/mol. The average Bonchev–Trinajstić information content (AvgIpc) is 3.17. The zero-order valence-electron chi connectivity index (χ0n) is 12.6. The highest BCUT2D eigenvalue weighted by molar-refractivity contribution is 7.80. The van der Waals surface area contributed by atoms with Gasteiger partial charge < -0.3 is 9.73 Å². The molecule has 5 nitrogen and oxygen atoms in total. The Morgan fingerprint density at radius 3 is 2.88 bits per heavy atom. The van der Waals surface area contributed by atoms with E-state index in [4.69, 9.17) is 28.2 Å². The minimum atomic E-state index is -0.419. The van der Waals surface area contributed by atoms with Crippen LogP contribution in [0.3, 0.4) is 0 Å². The van der Waals surface area contributed by atoms with Crippen molar-refractivity contribution in [2.45, 2.75) is 0 Å². The highest BCUT2D eigenvalue weighted by atomic mass is 35.5. The molecule has 0 aliphatic rings. The molecule has 4 rings (SSSR count). The fourth-order valence-corrected chi connectivity index (χ4v) is 3.74. The number of nitrogens with zero attached hydrogens (tertiary/aromatic N) is 1. The van der Waals surface area contributed by atoms with Gasteiger partial charge >= 0.3 is 0 Å². The number of furan rings is 1. The summed E-state index contributed by atoms with van der Waals surface area (Å²) in [6.45, 7) is 0. The van der Waals surface area contributed by atoms with E-state index >= 15 is 0 Å². The van der Waals surface area contributed by atoms with Crippen LogP contribution in [0.1, 0.15) is 10.6 Å². The van der Waals surface area contributed by atoms with E-state index in [0.29, 0.717) is 15.7 Å². The number of fused-ring (bicyclic) bond motifs is 2. The van der Waals surface area contributed by atoms with E-state index in [-0.39, 0.29) is 10.9 Å². The summed E-state index contributed by atoms with van der Waals surface area (Å²) in [5, 5.41) is 7.72. The largest absolute Gasteiger partial charge is 0.451 e. The predicted molar refractivity (Wildman–Crippen MR) is 105 cm³/mol. The summed E-state index contributed by atoms with van der Waals surface area (Å²) in [5.74, 6) is -0.223. The number of carbonyl (C=O) groups excluding carboxylic acids is 1. The molecule has 0 unspecified atom stereocenters. The van der Waals surface area contributed by atoms with Crippen molar-refractivity contribution in [1.82, 2.24) is 10.3 Å². The number of halogens is 1. The minimum Gasteiger partial charge on any atom is -0.451 e. The van der Waals surface area contributed by atoms with Crippen LogP contribution in [0.25, 0.3) is 21.2 Å². The van der Waals surface area contributed by atoms with Crippen LogP contribution in [-0.2, 0) is 0 Å². The third-order valence-electron chi connectivity index (χ3n) is 3.45. The predicted octanol–water partition coefficient (Wildman–Crippen LogP) is 4.82. The lowest BCUT2D eigenvalue weighted by atomic mass is 10.2. The maximum Gasteiger partial charge on any atom is 0.293 e. The second kappa shape index (κ2) is 6.44. The lowest BCUT2D eigenvalue weighted by Gasteiger charge is -2.04. The number of nitrogens with one attached hydrogen (secondary N) is 2. The van der Waals surface area contributed by atoms with Crippen LogP contribution >= 0.6 is 35.2 Å². The molecule has 25 heavy (non-hydrogen) atoms. The monoisotopic (exact) mass is 387 g/mol. The van der Waals surface area contributed by atoms with Gasteiger partial charge in [0.25, 0.3) is 5.91 Å². The van der Waals surface area contributed by atoms with Crippen molar-refractivity contribution in [3.63, 3.8) is 0 Å². The van der Waals surface area contributed by atoms with Crippen LogP contribution in [0, 0.1) is 0 Å². The number of benzene rings is 2. The Morgan fingerprint density at radius 2 is 2.04 bits per heavy atom. The Kier molecular flexibility index (Phi) is 4.12. The molecule has 1 amide bonds. The lowest BCUT2D eigenvalue weighted by Crippen LogP contribution is -2.33. The van der Waals surface area contributed by atoms with E-state index < -0.39 is 5.91 Å². The van der Waals surface area contributed by atoms with Gasteiger partial charge in [0.05, 0.1) is 10.2 Å². The maximum atomic E-state index is 12.3. The van der Waals surface area contributed by atoms with E-state index in [1.54, 1.807) is 18.2 Å². The Hall–Kier alpha value is -2.48. The molecule has 0 fully saturated rings. The van der Waals surface area contributed by atoms with E-state index in [1.807, 2.05) is 30.3 Å². The summed E-state index contributed by atoms with van der Waals surface area (Å²) >= 11 is 12.5.